The van der Waals surface area contributed by atoms with E-state index in [9.17, 15) is 0 Å². The van der Waals surface area contributed by atoms with Gasteiger partial charge in [-0.3, -0.25) is 0 Å². The van der Waals surface area contributed by atoms with Gasteiger partial charge in [0.2, 0.25) is 6.79 Å². The third-order valence-corrected chi connectivity index (χ3v) is 4.32. The van der Waals surface area contributed by atoms with E-state index in [4.69, 9.17) is 24.7 Å². The molecule has 0 aromatic heterocycles. The first kappa shape index (κ1) is 17.4. The van der Waals surface area contributed by atoms with E-state index in [0.717, 1.165) is 47.0 Å². The molecule has 0 fully saturated rings. The van der Waals surface area contributed by atoms with E-state index in [1.807, 2.05) is 24.3 Å². The van der Waals surface area contributed by atoms with Crippen molar-refractivity contribution >= 4 is 0 Å². The first-order chi connectivity index (χ1) is 12.2. The number of methoxy groups -OCH3 is 1. The lowest BCUT2D eigenvalue weighted by Gasteiger charge is -2.17. The summed E-state index contributed by atoms with van der Waals surface area (Å²) >= 11 is 0. The zero-order valence-electron chi connectivity index (χ0n) is 14.8. The molecule has 0 amide bonds. The third-order valence-electron chi connectivity index (χ3n) is 4.32. The van der Waals surface area contributed by atoms with Gasteiger partial charge in [-0.2, -0.15) is 0 Å². The Morgan fingerprint density at radius 1 is 1.08 bits per heavy atom. The minimum atomic E-state index is 0.196. The van der Waals surface area contributed by atoms with E-state index in [0.29, 0.717) is 13.2 Å². The highest BCUT2D eigenvalue weighted by Crippen LogP contribution is 2.36. The molecule has 2 aromatic rings. The van der Waals surface area contributed by atoms with Crippen molar-refractivity contribution in [1.82, 2.24) is 0 Å². The van der Waals surface area contributed by atoms with Crippen LogP contribution < -0.4 is 24.7 Å². The van der Waals surface area contributed by atoms with Gasteiger partial charge in [0.15, 0.2) is 23.0 Å². The SMILES string of the molecule is CCCOc1ccc(CC(CN)c2ccc3c(c2)OCO3)cc1OC. The van der Waals surface area contributed by atoms with Gasteiger partial charge in [0.25, 0.3) is 0 Å². The quantitative estimate of drug-likeness (QED) is 0.795. The molecule has 0 saturated heterocycles. The van der Waals surface area contributed by atoms with Crippen molar-refractivity contribution in [1.29, 1.82) is 0 Å². The Morgan fingerprint density at radius 2 is 1.92 bits per heavy atom. The minimum Gasteiger partial charge on any atom is -0.493 e. The molecule has 0 bridgehead atoms. The highest BCUT2D eigenvalue weighted by Gasteiger charge is 2.18. The van der Waals surface area contributed by atoms with E-state index in [1.165, 1.54) is 0 Å². The lowest BCUT2D eigenvalue weighted by Crippen LogP contribution is -2.15. The molecule has 1 atom stereocenters. The summed E-state index contributed by atoms with van der Waals surface area (Å²) in [4.78, 5) is 0. The van der Waals surface area contributed by atoms with Gasteiger partial charge in [-0.25, -0.2) is 0 Å². The maximum Gasteiger partial charge on any atom is 0.231 e. The predicted molar refractivity (Wildman–Crippen MR) is 96.8 cm³/mol. The zero-order valence-corrected chi connectivity index (χ0v) is 14.8. The van der Waals surface area contributed by atoms with Crippen LogP contribution in [0.5, 0.6) is 23.0 Å². The van der Waals surface area contributed by atoms with E-state index in [-0.39, 0.29) is 12.7 Å². The van der Waals surface area contributed by atoms with Crippen molar-refractivity contribution < 1.29 is 18.9 Å². The fourth-order valence-electron chi connectivity index (χ4n) is 2.96. The Bertz CT molecular complexity index is 717. The highest BCUT2D eigenvalue weighted by atomic mass is 16.7. The van der Waals surface area contributed by atoms with E-state index < -0.39 is 0 Å². The van der Waals surface area contributed by atoms with Crippen LogP contribution in [-0.2, 0) is 6.42 Å². The monoisotopic (exact) mass is 343 g/mol. The van der Waals surface area contributed by atoms with Gasteiger partial charge in [-0.1, -0.05) is 19.1 Å². The Morgan fingerprint density at radius 3 is 2.68 bits per heavy atom. The van der Waals surface area contributed by atoms with Gasteiger partial charge in [0.05, 0.1) is 13.7 Å². The summed E-state index contributed by atoms with van der Waals surface area (Å²) in [5.41, 5.74) is 8.35. The maximum absolute atomic E-state index is 6.04. The van der Waals surface area contributed by atoms with Gasteiger partial charge >= 0.3 is 0 Å². The Kier molecular flexibility index (Phi) is 5.66. The van der Waals surface area contributed by atoms with Crippen molar-refractivity contribution in [3.8, 4) is 23.0 Å². The smallest absolute Gasteiger partial charge is 0.231 e. The van der Waals surface area contributed by atoms with E-state index in [1.54, 1.807) is 7.11 Å². The van der Waals surface area contributed by atoms with Crippen LogP contribution in [0, 0.1) is 0 Å². The number of nitrogens with two attached hydrogens (primary N) is 1. The molecule has 0 spiro atoms. The molecule has 0 aliphatic carbocycles. The summed E-state index contributed by atoms with van der Waals surface area (Å²) in [5.74, 6) is 3.31. The molecule has 2 N–H and O–H groups in total. The maximum atomic E-state index is 6.04. The molecule has 1 aliphatic rings. The summed E-state index contributed by atoms with van der Waals surface area (Å²) in [7, 11) is 1.66. The molecular formula is C20H25NO4. The lowest BCUT2D eigenvalue weighted by molar-refractivity contribution is 0.174. The molecule has 5 nitrogen and oxygen atoms in total. The van der Waals surface area contributed by atoms with Gasteiger partial charge in [-0.15, -0.1) is 0 Å². The largest absolute Gasteiger partial charge is 0.493 e. The zero-order chi connectivity index (χ0) is 17.6. The molecule has 134 valence electrons. The van der Waals surface area contributed by atoms with Crippen molar-refractivity contribution in [2.24, 2.45) is 5.73 Å². The number of fused-ring (bicyclic) bond motifs is 1. The van der Waals surface area contributed by atoms with Crippen LogP contribution in [0.25, 0.3) is 0 Å². The van der Waals surface area contributed by atoms with Crippen molar-refractivity contribution in [2.45, 2.75) is 25.7 Å². The Labute approximate surface area is 148 Å². The van der Waals surface area contributed by atoms with Gasteiger partial charge < -0.3 is 24.7 Å². The molecule has 2 aromatic carbocycles. The Hall–Kier alpha value is -2.40. The van der Waals surface area contributed by atoms with Crippen LogP contribution in [0.4, 0.5) is 0 Å². The molecule has 0 saturated carbocycles. The fourth-order valence-corrected chi connectivity index (χ4v) is 2.96. The van der Waals surface area contributed by atoms with E-state index >= 15 is 0 Å². The highest BCUT2D eigenvalue weighted by molar-refractivity contribution is 5.47. The van der Waals surface area contributed by atoms with Gasteiger partial charge in [0.1, 0.15) is 0 Å². The summed E-state index contributed by atoms with van der Waals surface area (Å²) in [5, 5.41) is 0. The average Bonchev–Trinajstić information content (AvgIpc) is 3.12. The first-order valence-electron chi connectivity index (χ1n) is 8.64. The number of hydrogen-bond acceptors (Lipinski definition) is 5. The number of rotatable bonds is 8. The number of benzene rings is 2. The van der Waals surface area contributed by atoms with E-state index in [2.05, 4.69) is 19.1 Å². The predicted octanol–water partition coefficient (Wildman–Crippen LogP) is 3.50. The standard InChI is InChI=1S/C20H25NO4/c1-3-8-23-17-6-4-14(10-19(17)22-2)9-16(12-21)15-5-7-18-20(11-15)25-13-24-18/h4-7,10-11,16H,3,8-9,12-13,21H2,1-2H3. The first-order valence-corrected chi connectivity index (χ1v) is 8.64. The second-order valence-electron chi connectivity index (χ2n) is 6.08. The third kappa shape index (κ3) is 3.99. The topological polar surface area (TPSA) is 62.9 Å². The average molecular weight is 343 g/mol. The summed E-state index contributed by atoms with van der Waals surface area (Å²) in [6.07, 6.45) is 1.78. The van der Waals surface area contributed by atoms with Crippen LogP contribution in [0.15, 0.2) is 36.4 Å². The second kappa shape index (κ2) is 8.12. The molecule has 3 rings (SSSR count). The van der Waals surface area contributed by atoms with Crippen molar-refractivity contribution in [3.63, 3.8) is 0 Å². The summed E-state index contributed by atoms with van der Waals surface area (Å²) in [6.45, 7) is 3.59. The molecule has 25 heavy (non-hydrogen) atoms. The fraction of sp³-hybridized carbons (Fsp3) is 0.400. The molecule has 1 heterocycles. The van der Waals surface area contributed by atoms with Crippen molar-refractivity contribution in [2.75, 3.05) is 27.1 Å². The van der Waals surface area contributed by atoms with Gasteiger partial charge in [0, 0.05) is 5.92 Å². The lowest BCUT2D eigenvalue weighted by atomic mass is 9.91. The van der Waals surface area contributed by atoms with Gasteiger partial charge in [-0.05, 0) is 54.8 Å². The van der Waals surface area contributed by atoms with Crippen LogP contribution in [-0.4, -0.2) is 27.1 Å². The minimum absolute atomic E-state index is 0.196. The van der Waals surface area contributed by atoms with Crippen LogP contribution >= 0.6 is 0 Å². The Balaban J connectivity index is 1.77. The summed E-state index contributed by atoms with van der Waals surface area (Å²) in [6, 6.07) is 12.1. The van der Waals surface area contributed by atoms with Crippen LogP contribution in [0.1, 0.15) is 30.4 Å². The normalized spacial score (nSPS) is 13.6. The molecule has 5 heteroatoms. The van der Waals surface area contributed by atoms with Crippen LogP contribution in [0.2, 0.25) is 0 Å². The van der Waals surface area contributed by atoms with Crippen LogP contribution in [0.3, 0.4) is 0 Å². The summed E-state index contributed by atoms with van der Waals surface area (Å²) < 4.78 is 22.0. The number of hydrogen-bond donors (Lipinski definition) is 1. The molecule has 1 unspecified atom stereocenters. The molecule has 1 aliphatic heterocycles. The second-order valence-corrected chi connectivity index (χ2v) is 6.08. The molecular weight excluding hydrogens is 318 g/mol. The number of ether oxygens (including phenoxy) is 4. The molecule has 0 radical (unpaired) electrons. The van der Waals surface area contributed by atoms with Crippen molar-refractivity contribution in [3.05, 3.63) is 47.5 Å².